The van der Waals surface area contributed by atoms with Crippen LogP contribution in [0.5, 0.6) is 5.75 Å². The van der Waals surface area contributed by atoms with Crippen LogP contribution in [0.25, 0.3) is 0 Å². The predicted octanol–water partition coefficient (Wildman–Crippen LogP) is 4.08. The zero-order valence-corrected chi connectivity index (χ0v) is 21.2. The van der Waals surface area contributed by atoms with Crippen molar-refractivity contribution in [3.63, 3.8) is 0 Å². The Morgan fingerprint density at radius 3 is 2.88 bits per heavy atom. The van der Waals surface area contributed by atoms with E-state index in [1.165, 1.54) is 10.4 Å². The highest BCUT2D eigenvalue weighted by molar-refractivity contribution is 7.10. The summed E-state index contributed by atoms with van der Waals surface area (Å²) in [4.78, 5) is 31.1. The number of carbonyl (C=O) groups excluding carboxylic acids is 2. The summed E-state index contributed by atoms with van der Waals surface area (Å²) in [5.41, 5.74) is 3.42. The van der Waals surface area contributed by atoms with Gasteiger partial charge in [0.2, 0.25) is 5.91 Å². The number of amides is 3. The molecule has 7 nitrogen and oxygen atoms in total. The third kappa shape index (κ3) is 5.73. The molecule has 0 unspecified atom stereocenters. The molecule has 1 saturated heterocycles. The summed E-state index contributed by atoms with van der Waals surface area (Å²) in [6, 6.07) is 7.84. The van der Waals surface area contributed by atoms with Crippen molar-refractivity contribution in [2.24, 2.45) is 0 Å². The highest BCUT2D eigenvalue weighted by Crippen LogP contribution is 2.34. The molecule has 8 heteroatoms. The minimum atomic E-state index is -0.220. The second kappa shape index (κ2) is 11.2. The lowest BCUT2D eigenvalue weighted by Crippen LogP contribution is -2.51. The standard InChI is InChI=1S/C26H35N3O4S/c1-4-27-26(31)28(15-20-6-5-12-32-20)16-25(30)29-11-9-24-21(10-13-34-24)22(29)17-33-23-8-7-18(2)14-19(23)3/h7-8,10,13-14,20,22H,4-6,9,11-12,15-17H2,1-3H3,(H,27,31)/t20-,22-/m0/s1. The average molecular weight is 486 g/mol. The molecule has 4 rings (SSSR count). The minimum absolute atomic E-state index is 0.0103. The van der Waals surface area contributed by atoms with Crippen LogP contribution >= 0.6 is 11.3 Å². The third-order valence-electron chi connectivity index (χ3n) is 6.53. The van der Waals surface area contributed by atoms with Crippen LogP contribution in [0.4, 0.5) is 4.79 Å². The number of benzene rings is 1. The number of ether oxygens (including phenoxy) is 2. The number of nitrogens with one attached hydrogen (secondary N) is 1. The number of fused-ring (bicyclic) bond motifs is 1. The molecule has 2 atom stereocenters. The van der Waals surface area contributed by atoms with Crippen LogP contribution in [0.1, 0.15) is 47.4 Å². The van der Waals surface area contributed by atoms with Gasteiger partial charge < -0.3 is 24.6 Å². The predicted molar refractivity (Wildman–Crippen MR) is 134 cm³/mol. The maximum atomic E-state index is 13.6. The van der Waals surface area contributed by atoms with Gasteiger partial charge in [0.25, 0.3) is 0 Å². The normalized spacial score (nSPS) is 19.6. The van der Waals surface area contributed by atoms with E-state index >= 15 is 0 Å². The summed E-state index contributed by atoms with van der Waals surface area (Å²) in [5, 5.41) is 4.93. The van der Waals surface area contributed by atoms with Gasteiger partial charge in [-0.15, -0.1) is 11.3 Å². The summed E-state index contributed by atoms with van der Waals surface area (Å²) >= 11 is 1.73. The largest absolute Gasteiger partial charge is 0.491 e. The van der Waals surface area contributed by atoms with Gasteiger partial charge in [-0.2, -0.15) is 0 Å². The molecule has 2 aliphatic rings. The van der Waals surface area contributed by atoms with Crippen molar-refractivity contribution in [2.45, 2.75) is 52.2 Å². The van der Waals surface area contributed by atoms with Crippen LogP contribution in [0.2, 0.25) is 0 Å². The number of hydrogen-bond donors (Lipinski definition) is 1. The number of carbonyl (C=O) groups is 2. The maximum Gasteiger partial charge on any atom is 0.317 e. The molecule has 1 aromatic carbocycles. The zero-order chi connectivity index (χ0) is 24.1. The van der Waals surface area contributed by atoms with Crippen molar-refractivity contribution >= 4 is 23.3 Å². The average Bonchev–Trinajstić information content (AvgIpc) is 3.50. The van der Waals surface area contributed by atoms with Crippen molar-refractivity contribution in [1.82, 2.24) is 15.1 Å². The Morgan fingerprint density at radius 2 is 2.15 bits per heavy atom. The molecule has 1 N–H and O–H groups in total. The van der Waals surface area contributed by atoms with Crippen LogP contribution in [0.3, 0.4) is 0 Å². The molecule has 2 aromatic rings. The number of rotatable bonds is 8. The highest BCUT2D eigenvalue weighted by atomic mass is 32.1. The molecular weight excluding hydrogens is 450 g/mol. The van der Waals surface area contributed by atoms with Gasteiger partial charge in [-0.05, 0) is 68.7 Å². The van der Waals surface area contributed by atoms with E-state index in [-0.39, 0.29) is 30.6 Å². The molecular formula is C26H35N3O4S. The van der Waals surface area contributed by atoms with Crippen molar-refractivity contribution < 1.29 is 19.1 Å². The summed E-state index contributed by atoms with van der Waals surface area (Å²) in [6.45, 7) is 8.68. The van der Waals surface area contributed by atoms with Crippen LogP contribution in [-0.2, 0) is 16.0 Å². The van der Waals surface area contributed by atoms with E-state index in [1.54, 1.807) is 16.2 Å². The summed E-state index contributed by atoms with van der Waals surface area (Å²) in [5.74, 6) is 0.776. The van der Waals surface area contributed by atoms with E-state index < -0.39 is 0 Å². The van der Waals surface area contributed by atoms with E-state index in [4.69, 9.17) is 9.47 Å². The molecule has 0 saturated carbocycles. The molecule has 3 heterocycles. The Hall–Kier alpha value is -2.58. The lowest BCUT2D eigenvalue weighted by Gasteiger charge is -2.37. The van der Waals surface area contributed by atoms with Crippen molar-refractivity contribution in [1.29, 1.82) is 0 Å². The van der Waals surface area contributed by atoms with E-state index in [0.29, 0.717) is 32.8 Å². The first-order valence-electron chi connectivity index (χ1n) is 12.2. The van der Waals surface area contributed by atoms with Gasteiger partial charge in [-0.25, -0.2) is 4.79 Å². The second-order valence-corrected chi connectivity index (χ2v) is 10.1. The zero-order valence-electron chi connectivity index (χ0n) is 20.3. The van der Waals surface area contributed by atoms with E-state index in [9.17, 15) is 9.59 Å². The number of hydrogen-bond acceptors (Lipinski definition) is 5. The maximum absolute atomic E-state index is 13.6. The summed E-state index contributed by atoms with van der Waals surface area (Å²) in [7, 11) is 0. The SMILES string of the molecule is CCNC(=O)N(CC(=O)N1CCc2sccc2[C@@H]1COc1ccc(C)cc1C)C[C@@H]1CCCO1. The Morgan fingerprint density at radius 1 is 1.29 bits per heavy atom. The Bertz CT molecular complexity index is 1000. The second-order valence-electron chi connectivity index (χ2n) is 9.08. The molecule has 1 fully saturated rings. The van der Waals surface area contributed by atoms with Gasteiger partial charge >= 0.3 is 6.03 Å². The molecule has 184 valence electrons. The topological polar surface area (TPSA) is 71.1 Å². The first-order valence-corrected chi connectivity index (χ1v) is 13.0. The Balaban J connectivity index is 1.49. The molecule has 2 aliphatic heterocycles. The first kappa shape index (κ1) is 24.5. The third-order valence-corrected chi connectivity index (χ3v) is 7.53. The molecule has 3 amide bonds. The van der Waals surface area contributed by atoms with Crippen molar-refractivity contribution in [3.8, 4) is 5.75 Å². The summed E-state index contributed by atoms with van der Waals surface area (Å²) in [6.07, 6.45) is 2.72. The fraction of sp³-hybridized carbons (Fsp3) is 0.538. The Labute approximate surface area is 206 Å². The van der Waals surface area contributed by atoms with E-state index in [1.807, 2.05) is 30.9 Å². The van der Waals surface area contributed by atoms with Crippen LogP contribution in [-0.4, -0.2) is 67.2 Å². The molecule has 0 aliphatic carbocycles. The van der Waals surface area contributed by atoms with E-state index in [2.05, 4.69) is 29.8 Å². The van der Waals surface area contributed by atoms with Crippen molar-refractivity contribution in [2.75, 3.05) is 39.4 Å². The summed E-state index contributed by atoms with van der Waals surface area (Å²) < 4.78 is 12.0. The van der Waals surface area contributed by atoms with Crippen LogP contribution in [0.15, 0.2) is 29.6 Å². The van der Waals surface area contributed by atoms with Crippen LogP contribution in [0, 0.1) is 13.8 Å². The number of aryl methyl sites for hydroxylation is 2. The lowest BCUT2D eigenvalue weighted by molar-refractivity contribution is -0.135. The quantitative estimate of drug-likeness (QED) is 0.612. The van der Waals surface area contributed by atoms with Crippen molar-refractivity contribution in [3.05, 3.63) is 51.2 Å². The Kier molecular flexibility index (Phi) is 8.11. The molecule has 34 heavy (non-hydrogen) atoms. The molecule has 1 aromatic heterocycles. The molecule has 0 radical (unpaired) electrons. The smallest absolute Gasteiger partial charge is 0.317 e. The van der Waals surface area contributed by atoms with Gasteiger partial charge in [0.1, 0.15) is 18.9 Å². The lowest BCUT2D eigenvalue weighted by atomic mass is 10.00. The fourth-order valence-electron chi connectivity index (χ4n) is 4.78. The highest BCUT2D eigenvalue weighted by Gasteiger charge is 2.34. The first-order chi connectivity index (χ1) is 16.5. The molecule has 0 spiro atoms. The van der Waals surface area contributed by atoms with Gasteiger partial charge in [-0.1, -0.05) is 17.7 Å². The van der Waals surface area contributed by atoms with Gasteiger partial charge in [-0.3, -0.25) is 4.79 Å². The number of urea groups is 1. The van der Waals surface area contributed by atoms with Gasteiger partial charge in [0.15, 0.2) is 0 Å². The fourth-order valence-corrected chi connectivity index (χ4v) is 5.70. The number of nitrogens with zero attached hydrogens (tertiary/aromatic N) is 2. The number of thiophene rings is 1. The molecule has 0 bridgehead atoms. The van der Waals surface area contributed by atoms with E-state index in [0.717, 1.165) is 36.1 Å². The van der Waals surface area contributed by atoms with Gasteiger partial charge in [0, 0.05) is 31.1 Å². The van der Waals surface area contributed by atoms with Gasteiger partial charge in [0.05, 0.1) is 12.1 Å². The minimum Gasteiger partial charge on any atom is -0.491 e. The monoisotopic (exact) mass is 485 g/mol. The van der Waals surface area contributed by atoms with Crippen LogP contribution < -0.4 is 10.1 Å².